The Hall–Kier alpha value is -4.38. The predicted molar refractivity (Wildman–Crippen MR) is 212 cm³/mol. The monoisotopic (exact) mass is 792 g/mol. The zero-order valence-electron chi connectivity index (χ0n) is 32.1. The summed E-state index contributed by atoms with van der Waals surface area (Å²) in [6.45, 7) is 1.82. The third-order valence-electron chi connectivity index (χ3n) is 9.83. The minimum atomic E-state index is -4.47. The fourth-order valence-electron chi connectivity index (χ4n) is 6.67. The van der Waals surface area contributed by atoms with Gasteiger partial charge in [-0.1, -0.05) is 132 Å². The molecule has 0 bridgehead atoms. The first kappa shape index (κ1) is 42.8. The van der Waals surface area contributed by atoms with Crippen LogP contribution >= 0.6 is 7.75 Å². The number of benzene rings is 2. The van der Waals surface area contributed by atoms with E-state index in [1.165, 1.54) is 62.3 Å². The van der Waals surface area contributed by atoms with E-state index in [4.69, 9.17) is 30.7 Å². The van der Waals surface area contributed by atoms with Crippen LogP contribution in [0, 0.1) is 18.4 Å². The fraction of sp³-hybridized carbons (Fsp3) is 0.512. The largest absolute Gasteiger partial charge is 0.465 e. The van der Waals surface area contributed by atoms with E-state index in [0.717, 1.165) is 24.8 Å². The summed E-state index contributed by atoms with van der Waals surface area (Å²) in [5.74, 6) is 1.85. The molecule has 1 unspecified atom stereocenters. The van der Waals surface area contributed by atoms with Crippen LogP contribution < -0.4 is 15.3 Å². The number of aliphatic hydroxyl groups excluding tert-OH is 1. The lowest BCUT2D eigenvalue weighted by Gasteiger charge is -2.30. The van der Waals surface area contributed by atoms with Crippen LogP contribution in [0.2, 0.25) is 0 Å². The van der Waals surface area contributed by atoms with E-state index in [1.54, 1.807) is 30.3 Å². The third-order valence-corrected chi connectivity index (χ3v) is 11.4. The van der Waals surface area contributed by atoms with Crippen LogP contribution in [-0.4, -0.2) is 61.6 Å². The topological polar surface area (TPSA) is 173 Å². The van der Waals surface area contributed by atoms with Gasteiger partial charge in [0, 0.05) is 6.42 Å². The highest BCUT2D eigenvalue weighted by Crippen LogP contribution is 2.48. The molecule has 0 amide bonds. The maximum Gasteiger partial charge on any atom is 0.459 e. The average Bonchev–Trinajstić information content (AvgIpc) is 3.77. The van der Waals surface area contributed by atoms with Crippen LogP contribution in [0.1, 0.15) is 102 Å². The first-order valence-electron chi connectivity index (χ1n) is 19.6. The normalized spacial score (nSPS) is 19.7. The molecule has 1 aliphatic heterocycles. The molecule has 1 fully saturated rings. The number of nitrogens with two attached hydrogens (primary N) is 1. The highest BCUT2D eigenvalue weighted by atomic mass is 31.2. The van der Waals surface area contributed by atoms with Crippen molar-refractivity contribution in [2.75, 3.05) is 18.9 Å². The molecule has 4 aromatic rings. The van der Waals surface area contributed by atoms with E-state index in [-0.39, 0.29) is 42.2 Å². The Bertz CT molecular complexity index is 1910. The van der Waals surface area contributed by atoms with Crippen molar-refractivity contribution in [1.29, 1.82) is 0 Å². The van der Waals surface area contributed by atoms with Gasteiger partial charge in [-0.3, -0.25) is 13.9 Å². The van der Waals surface area contributed by atoms with Crippen molar-refractivity contribution < 1.29 is 37.4 Å². The number of esters is 1. The second-order valence-corrected chi connectivity index (χ2v) is 15.9. The number of rotatable bonds is 24. The highest BCUT2D eigenvalue weighted by Gasteiger charge is 2.50. The number of anilines is 1. The maximum absolute atomic E-state index is 14.7. The number of hydrogen-bond donors (Lipinski definition) is 3. The van der Waals surface area contributed by atoms with Gasteiger partial charge in [0.05, 0.1) is 12.9 Å². The summed E-state index contributed by atoms with van der Waals surface area (Å²) in [6.07, 6.45) is 18.0. The van der Waals surface area contributed by atoms with Crippen molar-refractivity contribution >= 4 is 30.7 Å². The van der Waals surface area contributed by atoms with Crippen molar-refractivity contribution in [2.24, 2.45) is 0 Å². The molecule has 302 valence electrons. The molecular formula is C41H54FN6O7P. The Labute approximate surface area is 328 Å². The summed E-state index contributed by atoms with van der Waals surface area (Å²) in [5.41, 5.74) is 4.93. The van der Waals surface area contributed by atoms with E-state index in [9.17, 15) is 18.9 Å². The number of nitrogen functional groups attached to an aromatic ring is 1. The van der Waals surface area contributed by atoms with E-state index < -0.39 is 50.4 Å². The van der Waals surface area contributed by atoms with E-state index in [0.29, 0.717) is 6.42 Å². The molecular weight excluding hydrogens is 738 g/mol. The molecule has 1 aliphatic rings. The summed E-state index contributed by atoms with van der Waals surface area (Å²) < 4.78 is 54.0. The molecule has 5 rings (SSSR count). The molecule has 1 saturated heterocycles. The van der Waals surface area contributed by atoms with Gasteiger partial charge < -0.3 is 24.8 Å². The Morgan fingerprint density at radius 2 is 1.66 bits per heavy atom. The van der Waals surface area contributed by atoms with Gasteiger partial charge in [-0.05, 0) is 30.5 Å². The number of terminal acetylenes is 1. The Kier molecular flexibility index (Phi) is 16.2. The van der Waals surface area contributed by atoms with Gasteiger partial charge in [0.15, 0.2) is 22.6 Å². The van der Waals surface area contributed by atoms with Crippen molar-refractivity contribution in [3.8, 4) is 18.1 Å². The number of hydrogen-bond acceptors (Lipinski definition) is 11. The van der Waals surface area contributed by atoms with Crippen LogP contribution in [0.15, 0.2) is 67.0 Å². The minimum absolute atomic E-state index is 0.0338. The number of unbranched alkanes of at least 4 members (excludes halogenated alkanes) is 11. The molecule has 0 aliphatic carbocycles. The van der Waals surface area contributed by atoms with Crippen LogP contribution in [-0.2, 0) is 29.8 Å². The molecule has 0 spiro atoms. The van der Waals surface area contributed by atoms with Gasteiger partial charge in [0.25, 0.3) is 0 Å². The lowest BCUT2D eigenvalue weighted by molar-refractivity contribution is -0.146. The average molecular weight is 793 g/mol. The summed E-state index contributed by atoms with van der Waals surface area (Å²) in [7, 11) is -4.47. The number of para-hydroxylation sites is 1. The number of nitrogens with one attached hydrogen (secondary N) is 1. The summed E-state index contributed by atoms with van der Waals surface area (Å²) in [5, 5.41) is 14.1. The summed E-state index contributed by atoms with van der Waals surface area (Å²) >= 11 is 0. The summed E-state index contributed by atoms with van der Waals surface area (Å²) in [6, 6.07) is 16.4. The smallest absolute Gasteiger partial charge is 0.459 e. The van der Waals surface area contributed by atoms with Crippen LogP contribution in [0.5, 0.6) is 5.75 Å². The summed E-state index contributed by atoms with van der Waals surface area (Å²) in [4.78, 5) is 25.1. The number of aliphatic hydroxyl groups is 1. The number of ether oxygens (including phenoxy) is 2. The SMILES string of the molecule is C#C[C@]1(COP(=O)(N[C@@H](Cc2ccccc2)C(=O)OCCCCCCCCCCCCCC)Oc2ccccc2)O[C@@H](n2cnc3c(N)nc(F)nc32)C[C@@H]1O. The van der Waals surface area contributed by atoms with Gasteiger partial charge in [-0.2, -0.15) is 19.4 Å². The van der Waals surface area contributed by atoms with E-state index in [1.807, 2.05) is 30.3 Å². The van der Waals surface area contributed by atoms with Crippen LogP contribution in [0.25, 0.3) is 11.2 Å². The second-order valence-electron chi connectivity index (χ2n) is 14.2. The van der Waals surface area contributed by atoms with Crippen molar-refractivity contribution in [2.45, 2.75) is 121 Å². The number of halogens is 1. The van der Waals surface area contributed by atoms with Crippen LogP contribution in [0.4, 0.5) is 10.2 Å². The quantitative estimate of drug-likeness (QED) is 0.0207. The number of carbonyl (C=O) groups excluding carboxylic acids is 1. The number of aromatic nitrogens is 4. The lowest BCUT2D eigenvalue weighted by Crippen LogP contribution is -2.44. The molecule has 2 aromatic carbocycles. The maximum atomic E-state index is 14.7. The molecule has 0 radical (unpaired) electrons. The fourth-order valence-corrected chi connectivity index (χ4v) is 8.19. The van der Waals surface area contributed by atoms with Gasteiger partial charge in [-0.15, -0.1) is 6.42 Å². The van der Waals surface area contributed by atoms with E-state index >= 15 is 0 Å². The van der Waals surface area contributed by atoms with Gasteiger partial charge in [-0.25, -0.2) is 9.55 Å². The molecule has 3 heterocycles. The number of imidazole rings is 1. The van der Waals surface area contributed by atoms with Crippen molar-refractivity contribution in [3.05, 3.63) is 78.6 Å². The Morgan fingerprint density at radius 1 is 1.04 bits per heavy atom. The highest BCUT2D eigenvalue weighted by molar-refractivity contribution is 7.52. The molecule has 4 N–H and O–H groups in total. The number of fused-ring (bicyclic) bond motifs is 1. The molecule has 5 atom stereocenters. The van der Waals surface area contributed by atoms with Crippen molar-refractivity contribution in [3.63, 3.8) is 0 Å². The molecule has 15 heteroatoms. The second kappa shape index (κ2) is 21.2. The Morgan fingerprint density at radius 3 is 2.30 bits per heavy atom. The molecule has 0 saturated carbocycles. The Balaban J connectivity index is 1.24. The van der Waals surface area contributed by atoms with Crippen LogP contribution in [0.3, 0.4) is 0 Å². The molecule has 56 heavy (non-hydrogen) atoms. The number of carbonyl (C=O) groups is 1. The standard InChI is InChI=1S/C41H54FN6O7P/c1-3-5-6-7-8-9-10-11-12-13-14-21-26-52-39(50)33(27-31-22-17-15-18-23-31)47-56(51,55-32-24-19-16-20-25-32)53-29-41(4-2)34(49)28-35(54-41)48-30-44-36-37(43)45-40(42)46-38(36)48/h2,15-20,22-25,30,33-35,49H,3,5-14,21,26-29H2,1H3,(H,47,51)(H2,43,45,46)/t33-,34-,35+,41+,56?/m0/s1. The molecule has 2 aromatic heterocycles. The first-order chi connectivity index (χ1) is 27.1. The third kappa shape index (κ3) is 12.1. The zero-order chi connectivity index (χ0) is 39.8. The van der Waals surface area contributed by atoms with Gasteiger partial charge in [0.2, 0.25) is 0 Å². The van der Waals surface area contributed by atoms with E-state index in [2.05, 4.69) is 32.9 Å². The lowest BCUT2D eigenvalue weighted by atomic mass is 9.99. The molecule has 13 nitrogen and oxygen atoms in total. The zero-order valence-corrected chi connectivity index (χ0v) is 33.0. The van der Waals surface area contributed by atoms with Crippen molar-refractivity contribution in [1.82, 2.24) is 24.6 Å². The van der Waals surface area contributed by atoms with Gasteiger partial charge >= 0.3 is 19.8 Å². The minimum Gasteiger partial charge on any atom is -0.465 e. The first-order valence-corrected chi connectivity index (χ1v) is 21.2. The predicted octanol–water partition coefficient (Wildman–Crippen LogP) is 7.85. The van der Waals surface area contributed by atoms with Gasteiger partial charge in [0.1, 0.15) is 30.7 Å². The number of nitrogens with zero attached hydrogens (tertiary/aromatic N) is 4.